The second-order valence-electron chi connectivity index (χ2n) is 5.13. The summed E-state index contributed by atoms with van der Waals surface area (Å²) in [4.78, 5) is 22.9. The lowest BCUT2D eigenvalue weighted by atomic mass is 10.1. The van der Waals surface area contributed by atoms with Crippen molar-refractivity contribution in [2.45, 2.75) is 0 Å². The second-order valence-corrected chi connectivity index (χ2v) is 7.31. The fourth-order valence-electron chi connectivity index (χ4n) is 2.01. The zero-order chi connectivity index (χ0) is 20.0. The number of anilines is 1. The Balaban J connectivity index is 2.25. The highest BCUT2D eigenvalue weighted by Gasteiger charge is 2.13. The fraction of sp³-hybridized carbons (Fsp3) is 0.0556. The molecular formula is C18H11Br2ClN2O4. The van der Waals surface area contributed by atoms with Crippen molar-refractivity contribution in [3.8, 4) is 11.8 Å². The van der Waals surface area contributed by atoms with Crippen molar-refractivity contribution in [3.05, 3.63) is 61.5 Å². The van der Waals surface area contributed by atoms with E-state index >= 15 is 0 Å². The van der Waals surface area contributed by atoms with Crippen molar-refractivity contribution in [1.29, 1.82) is 5.26 Å². The number of carboxylic acids is 1. The van der Waals surface area contributed by atoms with E-state index < -0.39 is 18.5 Å². The number of nitrogens with zero attached hydrogens (tertiary/aromatic N) is 1. The molecule has 1 amide bonds. The number of hydrogen-bond acceptors (Lipinski definition) is 4. The van der Waals surface area contributed by atoms with Crippen molar-refractivity contribution < 1.29 is 19.4 Å². The van der Waals surface area contributed by atoms with Crippen LogP contribution in [-0.4, -0.2) is 23.6 Å². The Morgan fingerprint density at radius 2 is 2.04 bits per heavy atom. The van der Waals surface area contributed by atoms with Gasteiger partial charge in [-0.1, -0.05) is 33.6 Å². The summed E-state index contributed by atoms with van der Waals surface area (Å²) in [7, 11) is 0. The van der Waals surface area contributed by atoms with Gasteiger partial charge in [-0.2, -0.15) is 5.26 Å². The first-order valence-electron chi connectivity index (χ1n) is 7.32. The predicted octanol–water partition coefficient (Wildman–Crippen LogP) is 4.87. The molecule has 0 aliphatic heterocycles. The van der Waals surface area contributed by atoms with Crippen LogP contribution in [0.3, 0.4) is 0 Å². The van der Waals surface area contributed by atoms with Gasteiger partial charge in [-0.15, -0.1) is 0 Å². The molecule has 0 heterocycles. The number of aliphatic carboxylic acids is 1. The van der Waals surface area contributed by atoms with E-state index in [-0.39, 0.29) is 16.3 Å². The quantitative estimate of drug-likeness (QED) is 0.423. The van der Waals surface area contributed by atoms with Crippen LogP contribution < -0.4 is 10.1 Å². The zero-order valence-corrected chi connectivity index (χ0v) is 17.4. The molecule has 27 heavy (non-hydrogen) atoms. The maximum Gasteiger partial charge on any atom is 0.341 e. The number of hydrogen-bond donors (Lipinski definition) is 2. The van der Waals surface area contributed by atoms with E-state index in [1.54, 1.807) is 24.3 Å². The van der Waals surface area contributed by atoms with Crippen molar-refractivity contribution in [2.24, 2.45) is 0 Å². The van der Waals surface area contributed by atoms with E-state index in [1.165, 1.54) is 12.1 Å². The van der Waals surface area contributed by atoms with E-state index in [1.807, 2.05) is 12.1 Å². The third-order valence-corrected chi connectivity index (χ3v) is 4.48. The van der Waals surface area contributed by atoms with Gasteiger partial charge in [0.1, 0.15) is 11.6 Å². The summed E-state index contributed by atoms with van der Waals surface area (Å²) in [5, 5.41) is 20.8. The first kappa shape index (κ1) is 21.0. The van der Waals surface area contributed by atoms with Crippen LogP contribution in [-0.2, 0) is 9.59 Å². The SMILES string of the molecule is N#C/C(=C/c1cc(Cl)c(OCC(=O)O)c(Br)c1)C(=O)Nc1cccc(Br)c1. The number of nitrogens with one attached hydrogen (secondary N) is 1. The maximum absolute atomic E-state index is 12.3. The molecule has 2 aromatic rings. The van der Waals surface area contributed by atoms with Crippen LogP contribution >= 0.6 is 43.5 Å². The number of carbonyl (C=O) groups is 2. The van der Waals surface area contributed by atoms with Gasteiger partial charge in [-0.3, -0.25) is 4.79 Å². The molecule has 9 heteroatoms. The largest absolute Gasteiger partial charge is 0.479 e. The minimum atomic E-state index is -1.14. The fourth-order valence-corrected chi connectivity index (χ4v) is 3.40. The number of carboxylic acid groups (broad SMARTS) is 1. The average molecular weight is 515 g/mol. The monoisotopic (exact) mass is 512 g/mol. The molecule has 2 N–H and O–H groups in total. The standard InChI is InChI=1S/C18H11Br2ClN2O4/c19-12-2-1-3-13(7-12)23-18(26)11(8-22)4-10-5-14(20)17(15(21)6-10)27-9-16(24)25/h1-7H,9H2,(H,23,26)(H,24,25)/b11-4-. The Kier molecular flexibility index (Phi) is 7.42. The van der Waals surface area contributed by atoms with Crippen LogP contribution in [0.15, 0.2) is 50.9 Å². The van der Waals surface area contributed by atoms with Gasteiger partial charge in [0, 0.05) is 10.2 Å². The number of carbonyl (C=O) groups excluding carboxylic acids is 1. The third kappa shape index (κ3) is 6.10. The molecule has 0 atom stereocenters. The summed E-state index contributed by atoms with van der Waals surface area (Å²) in [5.41, 5.74) is 0.875. The molecule has 0 saturated heterocycles. The molecule has 0 spiro atoms. The van der Waals surface area contributed by atoms with Gasteiger partial charge < -0.3 is 15.2 Å². The van der Waals surface area contributed by atoms with E-state index in [2.05, 4.69) is 37.2 Å². The van der Waals surface area contributed by atoms with Gasteiger partial charge in [0.15, 0.2) is 12.4 Å². The third-order valence-electron chi connectivity index (χ3n) is 3.12. The number of benzene rings is 2. The molecule has 0 bridgehead atoms. The summed E-state index contributed by atoms with van der Waals surface area (Å²) >= 11 is 12.6. The lowest BCUT2D eigenvalue weighted by molar-refractivity contribution is -0.139. The molecule has 6 nitrogen and oxygen atoms in total. The van der Waals surface area contributed by atoms with Crippen LogP contribution in [0.4, 0.5) is 5.69 Å². The van der Waals surface area contributed by atoms with Gasteiger partial charge in [-0.25, -0.2) is 4.79 Å². The van der Waals surface area contributed by atoms with Gasteiger partial charge >= 0.3 is 5.97 Å². The molecule has 0 radical (unpaired) electrons. The molecule has 0 aromatic heterocycles. The molecule has 0 unspecified atom stereocenters. The smallest absolute Gasteiger partial charge is 0.341 e. The number of amides is 1. The lowest BCUT2D eigenvalue weighted by Gasteiger charge is -2.09. The van der Waals surface area contributed by atoms with Gasteiger partial charge in [0.25, 0.3) is 5.91 Å². The molecule has 0 aliphatic carbocycles. The highest BCUT2D eigenvalue weighted by Crippen LogP contribution is 2.35. The number of nitriles is 1. The summed E-state index contributed by atoms with van der Waals surface area (Å²) < 4.78 is 6.29. The highest BCUT2D eigenvalue weighted by molar-refractivity contribution is 9.10. The summed E-state index contributed by atoms with van der Waals surface area (Å²) in [6, 6.07) is 11.8. The highest BCUT2D eigenvalue weighted by atomic mass is 79.9. The van der Waals surface area contributed by atoms with E-state index in [0.717, 1.165) is 4.47 Å². The van der Waals surface area contributed by atoms with Crippen LogP contribution in [0.25, 0.3) is 6.08 Å². The normalized spacial score (nSPS) is 10.8. The Hall–Kier alpha value is -2.34. The Labute approximate surface area is 176 Å². The van der Waals surface area contributed by atoms with E-state index in [0.29, 0.717) is 15.7 Å². The summed E-state index contributed by atoms with van der Waals surface area (Å²) in [5.74, 6) is -1.56. The molecule has 2 rings (SSSR count). The molecule has 0 aliphatic rings. The van der Waals surface area contributed by atoms with Crippen LogP contribution in [0, 0.1) is 11.3 Å². The van der Waals surface area contributed by atoms with Gasteiger partial charge in [-0.05, 0) is 57.9 Å². The maximum atomic E-state index is 12.3. The van der Waals surface area contributed by atoms with Gasteiger partial charge in [0.05, 0.1) is 9.50 Å². The molecule has 0 fully saturated rings. The Bertz CT molecular complexity index is 947. The minimum absolute atomic E-state index is 0.128. The number of rotatable bonds is 6. The summed E-state index contributed by atoms with van der Waals surface area (Å²) in [6.07, 6.45) is 1.37. The average Bonchev–Trinajstić information content (AvgIpc) is 2.58. The van der Waals surface area contributed by atoms with E-state index in [9.17, 15) is 14.9 Å². The van der Waals surface area contributed by atoms with Crippen LogP contribution in [0.2, 0.25) is 5.02 Å². The van der Waals surface area contributed by atoms with Crippen molar-refractivity contribution in [1.82, 2.24) is 0 Å². The lowest BCUT2D eigenvalue weighted by Crippen LogP contribution is -2.13. The molecular weight excluding hydrogens is 503 g/mol. The first-order valence-corrected chi connectivity index (χ1v) is 9.29. The number of ether oxygens (including phenoxy) is 1. The minimum Gasteiger partial charge on any atom is -0.479 e. The van der Waals surface area contributed by atoms with Crippen LogP contribution in [0.1, 0.15) is 5.56 Å². The predicted molar refractivity (Wildman–Crippen MR) is 109 cm³/mol. The van der Waals surface area contributed by atoms with Crippen molar-refractivity contribution >= 4 is 67.1 Å². The Morgan fingerprint density at radius 3 is 2.63 bits per heavy atom. The molecule has 138 valence electrons. The molecule has 2 aromatic carbocycles. The van der Waals surface area contributed by atoms with Crippen molar-refractivity contribution in [3.63, 3.8) is 0 Å². The van der Waals surface area contributed by atoms with Crippen LogP contribution in [0.5, 0.6) is 5.75 Å². The molecule has 0 saturated carbocycles. The number of halogens is 3. The zero-order valence-electron chi connectivity index (χ0n) is 13.5. The van der Waals surface area contributed by atoms with Crippen molar-refractivity contribution in [2.75, 3.05) is 11.9 Å². The first-order chi connectivity index (χ1) is 12.8. The summed E-state index contributed by atoms with van der Waals surface area (Å²) in [6.45, 7) is -0.550. The topological polar surface area (TPSA) is 99.4 Å². The van der Waals surface area contributed by atoms with E-state index in [4.69, 9.17) is 21.4 Å². The Morgan fingerprint density at radius 1 is 1.30 bits per heavy atom. The van der Waals surface area contributed by atoms with Gasteiger partial charge in [0.2, 0.25) is 0 Å². The second kappa shape index (κ2) is 9.55.